The molecule has 1 aromatic heterocycles. The molecule has 3 nitrogen and oxygen atoms in total. The second-order valence-electron chi connectivity index (χ2n) is 4.63. The Kier molecular flexibility index (Phi) is 6.26. The van der Waals surface area contributed by atoms with Crippen molar-refractivity contribution >= 4 is 38.9 Å². The van der Waals surface area contributed by atoms with Gasteiger partial charge in [0.2, 0.25) is 0 Å². The van der Waals surface area contributed by atoms with E-state index in [1.54, 1.807) is 0 Å². The SMILES string of the molecule is CCN(CCCNC(=O)c1ccc(Br)s1)c1ccccc1. The molecule has 1 heterocycles. The summed E-state index contributed by atoms with van der Waals surface area (Å²) in [5.41, 5.74) is 1.23. The molecule has 0 saturated carbocycles. The zero-order valence-corrected chi connectivity index (χ0v) is 14.4. The highest BCUT2D eigenvalue weighted by Crippen LogP contribution is 2.21. The quantitative estimate of drug-likeness (QED) is 0.746. The number of benzene rings is 1. The van der Waals surface area contributed by atoms with E-state index in [4.69, 9.17) is 0 Å². The van der Waals surface area contributed by atoms with E-state index >= 15 is 0 Å². The van der Waals surface area contributed by atoms with Crippen molar-refractivity contribution in [2.45, 2.75) is 13.3 Å². The molecule has 5 heteroatoms. The first-order valence-electron chi connectivity index (χ1n) is 7.04. The van der Waals surface area contributed by atoms with Gasteiger partial charge in [-0.25, -0.2) is 0 Å². The van der Waals surface area contributed by atoms with Crippen LogP contribution in [0.15, 0.2) is 46.3 Å². The number of thiophene rings is 1. The van der Waals surface area contributed by atoms with Crippen molar-refractivity contribution in [1.82, 2.24) is 5.32 Å². The van der Waals surface area contributed by atoms with E-state index in [9.17, 15) is 4.79 Å². The average Bonchev–Trinajstić information content (AvgIpc) is 2.95. The third-order valence-electron chi connectivity index (χ3n) is 3.19. The van der Waals surface area contributed by atoms with Crippen molar-refractivity contribution in [1.29, 1.82) is 0 Å². The lowest BCUT2D eigenvalue weighted by Crippen LogP contribution is -2.29. The number of carbonyl (C=O) groups excluding carboxylic acids is 1. The second-order valence-corrected chi connectivity index (χ2v) is 7.09. The fraction of sp³-hybridized carbons (Fsp3) is 0.312. The summed E-state index contributed by atoms with van der Waals surface area (Å²) in [5, 5.41) is 2.97. The zero-order chi connectivity index (χ0) is 15.1. The topological polar surface area (TPSA) is 32.3 Å². The lowest BCUT2D eigenvalue weighted by molar-refractivity contribution is 0.0957. The summed E-state index contributed by atoms with van der Waals surface area (Å²) >= 11 is 4.82. The minimum absolute atomic E-state index is 0.00783. The number of para-hydroxylation sites is 1. The molecule has 0 saturated heterocycles. The van der Waals surface area contributed by atoms with E-state index in [1.165, 1.54) is 17.0 Å². The number of rotatable bonds is 7. The van der Waals surface area contributed by atoms with Gasteiger partial charge in [0.15, 0.2) is 0 Å². The van der Waals surface area contributed by atoms with Crippen LogP contribution in [0.4, 0.5) is 5.69 Å². The van der Waals surface area contributed by atoms with Crippen LogP contribution in [0, 0.1) is 0 Å². The first kappa shape index (κ1) is 16.0. The van der Waals surface area contributed by atoms with Crippen molar-refractivity contribution in [3.63, 3.8) is 0 Å². The predicted molar refractivity (Wildman–Crippen MR) is 93.3 cm³/mol. The number of hydrogen-bond donors (Lipinski definition) is 1. The molecule has 1 aromatic carbocycles. The maximum Gasteiger partial charge on any atom is 0.261 e. The van der Waals surface area contributed by atoms with E-state index in [0.29, 0.717) is 6.54 Å². The average molecular weight is 367 g/mol. The number of amides is 1. The van der Waals surface area contributed by atoms with E-state index < -0.39 is 0 Å². The molecule has 1 amide bonds. The van der Waals surface area contributed by atoms with Gasteiger partial charge in [-0.2, -0.15) is 0 Å². The lowest BCUT2D eigenvalue weighted by atomic mass is 10.2. The Morgan fingerprint density at radius 1 is 1.24 bits per heavy atom. The Hall–Kier alpha value is -1.33. The summed E-state index contributed by atoms with van der Waals surface area (Å²) in [5.74, 6) is 0.00783. The summed E-state index contributed by atoms with van der Waals surface area (Å²) in [6.45, 7) is 4.75. The number of nitrogens with one attached hydrogen (secondary N) is 1. The lowest BCUT2D eigenvalue weighted by Gasteiger charge is -2.23. The molecule has 0 unspecified atom stereocenters. The molecule has 0 aliphatic carbocycles. The van der Waals surface area contributed by atoms with Crippen molar-refractivity contribution < 1.29 is 4.79 Å². The standard InChI is InChI=1S/C16H19BrN2OS/c1-2-19(13-7-4-3-5-8-13)12-6-11-18-16(20)14-9-10-15(17)21-14/h3-5,7-10H,2,6,11-12H2,1H3,(H,18,20). The molecule has 0 aliphatic rings. The van der Waals surface area contributed by atoms with Gasteiger partial charge in [-0.1, -0.05) is 18.2 Å². The van der Waals surface area contributed by atoms with Crippen LogP contribution < -0.4 is 10.2 Å². The molecular formula is C16H19BrN2OS. The van der Waals surface area contributed by atoms with Crippen molar-refractivity contribution in [2.75, 3.05) is 24.5 Å². The van der Waals surface area contributed by atoms with Gasteiger partial charge in [0.25, 0.3) is 5.91 Å². The molecule has 0 spiro atoms. The Bertz CT molecular complexity index is 571. The summed E-state index contributed by atoms with van der Waals surface area (Å²) in [6.07, 6.45) is 0.932. The minimum atomic E-state index is 0.00783. The number of halogens is 1. The van der Waals surface area contributed by atoms with E-state index in [0.717, 1.165) is 28.2 Å². The second kappa shape index (κ2) is 8.20. The van der Waals surface area contributed by atoms with Crippen LogP contribution in [-0.2, 0) is 0 Å². The molecule has 2 rings (SSSR count). The third-order valence-corrected chi connectivity index (χ3v) is 4.81. The number of nitrogens with zero attached hydrogens (tertiary/aromatic N) is 1. The highest BCUT2D eigenvalue weighted by Gasteiger charge is 2.08. The molecule has 0 radical (unpaired) electrons. The Labute approximate surface area is 138 Å². The molecule has 112 valence electrons. The molecular weight excluding hydrogens is 348 g/mol. The molecule has 0 atom stereocenters. The van der Waals surface area contributed by atoms with Gasteiger partial charge in [0.05, 0.1) is 8.66 Å². The van der Waals surface area contributed by atoms with Crippen molar-refractivity contribution in [2.24, 2.45) is 0 Å². The first-order valence-corrected chi connectivity index (χ1v) is 8.65. The van der Waals surface area contributed by atoms with E-state index in [-0.39, 0.29) is 5.91 Å². The molecule has 0 bridgehead atoms. The highest BCUT2D eigenvalue weighted by molar-refractivity contribution is 9.11. The van der Waals surface area contributed by atoms with Gasteiger partial charge >= 0.3 is 0 Å². The van der Waals surface area contributed by atoms with Gasteiger partial charge in [-0.3, -0.25) is 4.79 Å². The van der Waals surface area contributed by atoms with Gasteiger partial charge in [-0.15, -0.1) is 11.3 Å². The number of carbonyl (C=O) groups is 1. The smallest absolute Gasteiger partial charge is 0.261 e. The fourth-order valence-corrected chi connectivity index (χ4v) is 3.41. The van der Waals surface area contributed by atoms with Crippen LogP contribution >= 0.6 is 27.3 Å². The molecule has 0 fully saturated rings. The summed E-state index contributed by atoms with van der Waals surface area (Å²) in [6, 6.07) is 14.1. The van der Waals surface area contributed by atoms with Gasteiger partial charge < -0.3 is 10.2 Å². The van der Waals surface area contributed by atoms with Crippen molar-refractivity contribution in [3.05, 3.63) is 51.1 Å². The first-order chi connectivity index (χ1) is 10.2. The fourth-order valence-electron chi connectivity index (χ4n) is 2.10. The minimum Gasteiger partial charge on any atom is -0.372 e. The molecule has 0 aliphatic heterocycles. The van der Waals surface area contributed by atoms with Crippen LogP contribution in [0.5, 0.6) is 0 Å². The molecule has 2 aromatic rings. The van der Waals surface area contributed by atoms with Crippen LogP contribution in [0.3, 0.4) is 0 Å². The maximum atomic E-state index is 11.9. The Morgan fingerprint density at radius 2 is 2.00 bits per heavy atom. The van der Waals surface area contributed by atoms with Gasteiger partial charge in [0, 0.05) is 25.3 Å². The summed E-state index contributed by atoms with van der Waals surface area (Å²) in [4.78, 5) is 15.0. The van der Waals surface area contributed by atoms with E-state index in [2.05, 4.69) is 57.3 Å². The highest BCUT2D eigenvalue weighted by atomic mass is 79.9. The van der Waals surface area contributed by atoms with Crippen LogP contribution in [0.25, 0.3) is 0 Å². The summed E-state index contributed by atoms with van der Waals surface area (Å²) in [7, 11) is 0. The van der Waals surface area contributed by atoms with Gasteiger partial charge in [-0.05, 0) is 53.5 Å². The molecule has 21 heavy (non-hydrogen) atoms. The van der Waals surface area contributed by atoms with Crippen LogP contribution in [-0.4, -0.2) is 25.5 Å². The summed E-state index contributed by atoms with van der Waals surface area (Å²) < 4.78 is 0.980. The maximum absolute atomic E-state index is 11.9. The predicted octanol–water partition coefficient (Wildman–Crippen LogP) is 4.16. The number of hydrogen-bond acceptors (Lipinski definition) is 3. The Balaban J connectivity index is 1.75. The van der Waals surface area contributed by atoms with Crippen LogP contribution in [0.1, 0.15) is 23.0 Å². The zero-order valence-electron chi connectivity index (χ0n) is 12.0. The van der Waals surface area contributed by atoms with E-state index in [1.807, 2.05) is 18.2 Å². The largest absolute Gasteiger partial charge is 0.372 e. The molecule has 1 N–H and O–H groups in total. The van der Waals surface area contributed by atoms with Crippen LogP contribution in [0.2, 0.25) is 0 Å². The third kappa shape index (κ3) is 4.86. The monoisotopic (exact) mass is 366 g/mol. The Morgan fingerprint density at radius 3 is 2.62 bits per heavy atom. The number of anilines is 1. The van der Waals surface area contributed by atoms with Crippen molar-refractivity contribution in [3.8, 4) is 0 Å². The van der Waals surface area contributed by atoms with Gasteiger partial charge in [0.1, 0.15) is 0 Å². The normalized spacial score (nSPS) is 10.4.